The summed E-state index contributed by atoms with van der Waals surface area (Å²) in [5.74, 6) is -0.412. The first-order chi connectivity index (χ1) is 9.54. The third-order valence-corrected chi connectivity index (χ3v) is 4.77. The van der Waals surface area contributed by atoms with Crippen molar-refractivity contribution in [1.29, 1.82) is 0 Å². The van der Waals surface area contributed by atoms with E-state index in [1.807, 2.05) is 13.8 Å². The third-order valence-electron chi connectivity index (χ3n) is 2.57. The highest BCUT2D eigenvalue weighted by Crippen LogP contribution is 2.17. The van der Waals surface area contributed by atoms with Gasteiger partial charge in [0.25, 0.3) is 0 Å². The molecule has 0 heterocycles. The van der Waals surface area contributed by atoms with Gasteiger partial charge in [-0.15, -0.1) is 0 Å². The minimum Gasteiger partial charge on any atom is -0.464 e. The van der Waals surface area contributed by atoms with Crippen LogP contribution in [0.3, 0.4) is 0 Å². The first kappa shape index (κ1) is 18.1. The standard InChI is InChI=1S/C14H20BrNO4S/c1-10(2)9-20-13(17)14(3,4)16-21(18,19)12-7-5-11(15)6-8-12/h5-8,10,16H,9H2,1-4H3. The van der Waals surface area contributed by atoms with Crippen LogP contribution in [0, 0.1) is 5.92 Å². The fraction of sp³-hybridized carbons (Fsp3) is 0.500. The number of benzene rings is 1. The molecule has 0 atom stereocenters. The molecule has 118 valence electrons. The summed E-state index contributed by atoms with van der Waals surface area (Å²) >= 11 is 3.24. The van der Waals surface area contributed by atoms with Crippen LogP contribution in [0.1, 0.15) is 27.7 Å². The molecule has 0 unspecified atom stereocenters. The lowest BCUT2D eigenvalue weighted by Crippen LogP contribution is -2.50. The van der Waals surface area contributed by atoms with Crippen LogP contribution in [0.5, 0.6) is 0 Å². The molecular formula is C14H20BrNO4S. The Labute approximate surface area is 134 Å². The summed E-state index contributed by atoms with van der Waals surface area (Å²) in [7, 11) is -3.79. The molecule has 0 spiro atoms. The molecule has 1 aromatic carbocycles. The zero-order valence-electron chi connectivity index (χ0n) is 12.5. The highest BCUT2D eigenvalue weighted by Gasteiger charge is 2.34. The number of nitrogens with one attached hydrogen (secondary N) is 1. The smallest absolute Gasteiger partial charge is 0.326 e. The monoisotopic (exact) mass is 377 g/mol. The predicted molar refractivity (Wildman–Crippen MR) is 84.3 cm³/mol. The van der Waals surface area contributed by atoms with Crippen LogP contribution >= 0.6 is 15.9 Å². The van der Waals surface area contributed by atoms with E-state index in [9.17, 15) is 13.2 Å². The number of rotatable bonds is 6. The van der Waals surface area contributed by atoms with Crippen molar-refractivity contribution in [2.24, 2.45) is 5.92 Å². The molecule has 0 bridgehead atoms. The first-order valence-electron chi connectivity index (χ1n) is 6.51. The number of ether oxygens (including phenoxy) is 1. The highest BCUT2D eigenvalue weighted by atomic mass is 79.9. The molecule has 0 aliphatic heterocycles. The quantitative estimate of drug-likeness (QED) is 0.773. The van der Waals surface area contributed by atoms with E-state index < -0.39 is 21.5 Å². The van der Waals surface area contributed by atoms with Gasteiger partial charge in [-0.2, -0.15) is 4.72 Å². The minimum absolute atomic E-state index is 0.0930. The summed E-state index contributed by atoms with van der Waals surface area (Å²) in [6, 6.07) is 6.17. The van der Waals surface area contributed by atoms with E-state index in [1.165, 1.54) is 26.0 Å². The van der Waals surface area contributed by atoms with Gasteiger partial charge in [-0.3, -0.25) is 4.79 Å². The lowest BCUT2D eigenvalue weighted by atomic mass is 10.1. The van der Waals surface area contributed by atoms with Crippen LogP contribution < -0.4 is 4.72 Å². The van der Waals surface area contributed by atoms with Crippen molar-refractivity contribution in [3.63, 3.8) is 0 Å². The fourth-order valence-electron chi connectivity index (χ4n) is 1.47. The molecule has 1 rings (SSSR count). The van der Waals surface area contributed by atoms with Gasteiger partial charge in [-0.1, -0.05) is 29.8 Å². The number of hydrogen-bond donors (Lipinski definition) is 1. The largest absolute Gasteiger partial charge is 0.464 e. The molecule has 0 aliphatic rings. The number of hydrogen-bond acceptors (Lipinski definition) is 4. The van der Waals surface area contributed by atoms with E-state index in [4.69, 9.17) is 4.74 Å². The van der Waals surface area contributed by atoms with E-state index in [0.29, 0.717) is 0 Å². The molecule has 0 aliphatic carbocycles. The summed E-state index contributed by atoms with van der Waals surface area (Å²) in [5, 5.41) is 0. The summed E-state index contributed by atoms with van der Waals surface area (Å²) in [5.41, 5.74) is -1.33. The molecule has 7 heteroatoms. The second-order valence-electron chi connectivity index (χ2n) is 5.68. The molecule has 0 fully saturated rings. The molecule has 0 amide bonds. The molecule has 1 N–H and O–H groups in total. The predicted octanol–water partition coefficient (Wildman–Crippen LogP) is 2.71. The number of carbonyl (C=O) groups is 1. The Balaban J connectivity index is 2.86. The molecule has 0 saturated heterocycles. The van der Waals surface area contributed by atoms with Gasteiger partial charge in [0.1, 0.15) is 5.54 Å². The molecule has 0 radical (unpaired) electrons. The van der Waals surface area contributed by atoms with Crippen molar-refractivity contribution < 1.29 is 17.9 Å². The Kier molecular flexibility index (Phi) is 5.95. The molecule has 5 nitrogen and oxygen atoms in total. The van der Waals surface area contributed by atoms with E-state index in [1.54, 1.807) is 12.1 Å². The van der Waals surface area contributed by atoms with Gasteiger partial charge in [0.15, 0.2) is 0 Å². The minimum atomic E-state index is -3.79. The number of halogens is 1. The Hall–Kier alpha value is -0.920. The second-order valence-corrected chi connectivity index (χ2v) is 8.27. The third kappa shape index (κ3) is 5.41. The molecular weight excluding hydrogens is 358 g/mol. The molecule has 0 saturated carbocycles. The van der Waals surface area contributed by atoms with E-state index in [2.05, 4.69) is 20.7 Å². The van der Waals surface area contributed by atoms with Gasteiger partial charge < -0.3 is 4.74 Å². The lowest BCUT2D eigenvalue weighted by molar-refractivity contribution is -0.150. The highest BCUT2D eigenvalue weighted by molar-refractivity contribution is 9.10. The summed E-state index contributed by atoms with van der Waals surface area (Å²) in [6.07, 6.45) is 0. The second kappa shape index (κ2) is 6.89. The van der Waals surface area contributed by atoms with Gasteiger partial charge in [-0.25, -0.2) is 8.42 Å². The molecule has 0 aromatic heterocycles. The van der Waals surface area contributed by atoms with Gasteiger partial charge in [0.05, 0.1) is 11.5 Å². The zero-order valence-corrected chi connectivity index (χ0v) is 14.9. The van der Waals surface area contributed by atoms with Crippen LogP contribution in [0.2, 0.25) is 0 Å². The topological polar surface area (TPSA) is 72.5 Å². The number of esters is 1. The van der Waals surface area contributed by atoms with Crippen LogP contribution in [0.15, 0.2) is 33.6 Å². The van der Waals surface area contributed by atoms with Gasteiger partial charge in [0.2, 0.25) is 10.0 Å². The van der Waals surface area contributed by atoms with Crippen LogP contribution in [0.25, 0.3) is 0 Å². The van der Waals surface area contributed by atoms with Crippen molar-refractivity contribution in [3.05, 3.63) is 28.7 Å². The van der Waals surface area contributed by atoms with E-state index in [-0.39, 0.29) is 17.4 Å². The van der Waals surface area contributed by atoms with Crippen molar-refractivity contribution in [2.75, 3.05) is 6.61 Å². The molecule has 21 heavy (non-hydrogen) atoms. The van der Waals surface area contributed by atoms with Crippen molar-refractivity contribution in [2.45, 2.75) is 38.1 Å². The summed E-state index contributed by atoms with van der Waals surface area (Å²) in [4.78, 5) is 12.1. The van der Waals surface area contributed by atoms with Gasteiger partial charge >= 0.3 is 5.97 Å². The van der Waals surface area contributed by atoms with Gasteiger partial charge in [-0.05, 0) is 44.0 Å². The first-order valence-corrected chi connectivity index (χ1v) is 8.79. The van der Waals surface area contributed by atoms with Crippen molar-refractivity contribution in [1.82, 2.24) is 4.72 Å². The Bertz CT molecular complexity index is 594. The SMILES string of the molecule is CC(C)COC(=O)C(C)(C)NS(=O)(=O)c1ccc(Br)cc1. The van der Waals surface area contributed by atoms with Crippen molar-refractivity contribution in [3.8, 4) is 0 Å². The Morgan fingerprint density at radius 3 is 2.29 bits per heavy atom. The van der Waals surface area contributed by atoms with E-state index in [0.717, 1.165) is 4.47 Å². The Morgan fingerprint density at radius 2 is 1.81 bits per heavy atom. The van der Waals surface area contributed by atoms with Crippen molar-refractivity contribution >= 4 is 31.9 Å². The maximum absolute atomic E-state index is 12.3. The average Bonchev–Trinajstić information content (AvgIpc) is 2.35. The maximum atomic E-state index is 12.3. The van der Waals surface area contributed by atoms with Gasteiger partial charge in [0, 0.05) is 4.47 Å². The van der Waals surface area contributed by atoms with Crippen LogP contribution in [0.4, 0.5) is 0 Å². The summed E-state index contributed by atoms with van der Waals surface area (Å²) in [6.45, 7) is 7.03. The van der Waals surface area contributed by atoms with Crippen LogP contribution in [-0.4, -0.2) is 26.5 Å². The maximum Gasteiger partial charge on any atom is 0.326 e. The van der Waals surface area contributed by atoms with E-state index >= 15 is 0 Å². The fourth-order valence-corrected chi connectivity index (χ4v) is 3.10. The number of carbonyl (C=O) groups excluding carboxylic acids is 1. The average molecular weight is 378 g/mol. The Morgan fingerprint density at radius 1 is 1.29 bits per heavy atom. The normalized spacial score (nSPS) is 12.5. The number of sulfonamides is 1. The zero-order chi connectivity index (χ0) is 16.3. The molecule has 1 aromatic rings. The lowest BCUT2D eigenvalue weighted by Gasteiger charge is -2.24. The van der Waals surface area contributed by atoms with Crippen LogP contribution in [-0.2, 0) is 19.6 Å². The summed E-state index contributed by atoms with van der Waals surface area (Å²) < 4.78 is 32.8.